The maximum absolute atomic E-state index is 12.5. The van der Waals surface area contributed by atoms with E-state index in [2.05, 4.69) is 4.90 Å². The number of ether oxygens (including phenoxy) is 1. The van der Waals surface area contributed by atoms with E-state index >= 15 is 0 Å². The summed E-state index contributed by atoms with van der Waals surface area (Å²) in [5, 5.41) is 10.2. The van der Waals surface area contributed by atoms with Crippen molar-refractivity contribution in [3.63, 3.8) is 0 Å². The van der Waals surface area contributed by atoms with Gasteiger partial charge in [0.25, 0.3) is 0 Å². The van der Waals surface area contributed by atoms with E-state index in [0.29, 0.717) is 19.6 Å². The van der Waals surface area contributed by atoms with Crippen LogP contribution in [0.15, 0.2) is 24.3 Å². The molecular weight excluding hydrogens is 307 g/mol. The van der Waals surface area contributed by atoms with Gasteiger partial charge in [-0.05, 0) is 43.4 Å². The molecule has 23 heavy (non-hydrogen) atoms. The molecule has 0 aromatic heterocycles. The zero-order valence-electron chi connectivity index (χ0n) is 13.0. The Bertz CT molecular complexity index is 526. The van der Waals surface area contributed by atoms with Crippen LogP contribution in [0.4, 0.5) is 13.2 Å². The first-order valence-electron chi connectivity index (χ1n) is 8.07. The molecule has 2 fully saturated rings. The van der Waals surface area contributed by atoms with Crippen molar-refractivity contribution in [3.8, 4) is 0 Å². The third-order valence-electron chi connectivity index (χ3n) is 4.81. The maximum atomic E-state index is 12.5. The minimum absolute atomic E-state index is 0.00761. The Morgan fingerprint density at radius 2 is 1.91 bits per heavy atom. The summed E-state index contributed by atoms with van der Waals surface area (Å²) in [4.78, 5) is 2.21. The van der Waals surface area contributed by atoms with Crippen LogP contribution in [0, 0.1) is 0 Å². The summed E-state index contributed by atoms with van der Waals surface area (Å²) < 4.78 is 43.5. The van der Waals surface area contributed by atoms with E-state index < -0.39 is 17.8 Å². The number of β-amino-alcohol motifs (C(OH)–C–C–N with tert-alkyl or cyclic N) is 1. The Morgan fingerprint density at radius 3 is 2.48 bits per heavy atom. The molecule has 128 valence electrons. The summed E-state index contributed by atoms with van der Waals surface area (Å²) in [7, 11) is 0. The summed E-state index contributed by atoms with van der Waals surface area (Å²) in [6, 6.07) is 5.03. The third kappa shape index (κ3) is 4.05. The molecule has 1 unspecified atom stereocenters. The molecule has 0 bridgehead atoms. The highest BCUT2D eigenvalue weighted by atomic mass is 19.4. The van der Waals surface area contributed by atoms with E-state index in [-0.39, 0.29) is 5.60 Å². The lowest BCUT2D eigenvalue weighted by atomic mass is 9.79. The van der Waals surface area contributed by atoms with Crippen molar-refractivity contribution in [2.24, 2.45) is 0 Å². The van der Waals surface area contributed by atoms with E-state index in [1.807, 2.05) is 0 Å². The van der Waals surface area contributed by atoms with Gasteiger partial charge < -0.3 is 9.84 Å². The van der Waals surface area contributed by atoms with E-state index in [1.165, 1.54) is 18.6 Å². The third-order valence-corrected chi connectivity index (χ3v) is 4.81. The number of halogens is 3. The highest BCUT2D eigenvalue weighted by molar-refractivity contribution is 5.25. The van der Waals surface area contributed by atoms with Crippen molar-refractivity contribution >= 4 is 0 Å². The smallest absolute Gasteiger partial charge is 0.391 e. The predicted molar refractivity (Wildman–Crippen MR) is 80.1 cm³/mol. The first kappa shape index (κ1) is 16.7. The van der Waals surface area contributed by atoms with Gasteiger partial charge in [-0.1, -0.05) is 12.1 Å². The monoisotopic (exact) mass is 329 g/mol. The van der Waals surface area contributed by atoms with Crippen molar-refractivity contribution < 1.29 is 23.0 Å². The lowest BCUT2D eigenvalue weighted by molar-refractivity contribution is -0.154. The van der Waals surface area contributed by atoms with Crippen LogP contribution in [-0.4, -0.2) is 48.0 Å². The number of benzene rings is 1. The Morgan fingerprint density at radius 1 is 1.22 bits per heavy atom. The van der Waals surface area contributed by atoms with Crippen LogP contribution in [0.3, 0.4) is 0 Å². The first-order valence-corrected chi connectivity index (χ1v) is 8.07. The second-order valence-corrected chi connectivity index (χ2v) is 6.67. The molecular formula is C17H22F3NO2. The molecule has 1 spiro atoms. The molecule has 0 amide bonds. The summed E-state index contributed by atoms with van der Waals surface area (Å²) >= 11 is 0. The molecule has 1 N–H and O–H groups in total. The number of aliphatic hydroxyl groups excluding tert-OH is 1. The average molecular weight is 329 g/mol. The number of nitrogens with zero attached hydrogens (tertiary/aromatic N) is 1. The lowest BCUT2D eigenvalue weighted by Gasteiger charge is -2.48. The molecule has 1 heterocycles. The van der Waals surface area contributed by atoms with E-state index in [9.17, 15) is 18.3 Å². The standard InChI is InChI=1S/C17H22F3NO2/c18-17(19,20)14-4-2-13(3-5-14)10-15(22)11-21-8-9-23-16(12-21)6-1-7-16/h2-5,15,22H,1,6-12H2. The number of hydrogen-bond donors (Lipinski definition) is 1. The Kier molecular flexibility index (Phi) is 4.67. The van der Waals surface area contributed by atoms with E-state index in [4.69, 9.17) is 4.74 Å². The second-order valence-electron chi connectivity index (χ2n) is 6.67. The van der Waals surface area contributed by atoms with Gasteiger partial charge in [0, 0.05) is 19.6 Å². The van der Waals surface area contributed by atoms with Gasteiger partial charge in [0.1, 0.15) is 0 Å². The van der Waals surface area contributed by atoms with Crippen LogP contribution >= 0.6 is 0 Å². The second kappa shape index (κ2) is 6.42. The molecule has 3 rings (SSSR count). The molecule has 2 aliphatic rings. The van der Waals surface area contributed by atoms with Crippen LogP contribution in [0.1, 0.15) is 30.4 Å². The van der Waals surface area contributed by atoms with Gasteiger partial charge >= 0.3 is 6.18 Å². The van der Waals surface area contributed by atoms with Gasteiger partial charge in [-0.25, -0.2) is 0 Å². The zero-order valence-corrected chi connectivity index (χ0v) is 13.0. The van der Waals surface area contributed by atoms with Crippen LogP contribution in [0.5, 0.6) is 0 Å². The van der Waals surface area contributed by atoms with Crippen LogP contribution in [0.25, 0.3) is 0 Å². The molecule has 1 aliphatic carbocycles. The minimum Gasteiger partial charge on any atom is -0.391 e. The molecule has 3 nitrogen and oxygen atoms in total. The van der Waals surface area contributed by atoms with Gasteiger partial charge in [0.15, 0.2) is 0 Å². The Labute approximate surface area is 134 Å². The van der Waals surface area contributed by atoms with Gasteiger partial charge in [-0.2, -0.15) is 13.2 Å². The molecule has 1 saturated carbocycles. The number of morpholine rings is 1. The van der Waals surface area contributed by atoms with Crippen LogP contribution in [0.2, 0.25) is 0 Å². The van der Waals surface area contributed by atoms with Crippen molar-refractivity contribution in [3.05, 3.63) is 35.4 Å². The van der Waals surface area contributed by atoms with E-state index in [1.54, 1.807) is 0 Å². The average Bonchev–Trinajstić information content (AvgIpc) is 2.45. The SMILES string of the molecule is OC(Cc1ccc(C(F)(F)F)cc1)CN1CCOC2(CCC2)C1. The fraction of sp³-hybridized carbons (Fsp3) is 0.647. The summed E-state index contributed by atoms with van der Waals surface area (Å²) in [6.07, 6.45) is -1.18. The largest absolute Gasteiger partial charge is 0.416 e. The molecule has 1 aliphatic heterocycles. The number of alkyl halides is 3. The fourth-order valence-electron chi connectivity index (χ4n) is 3.42. The Balaban J connectivity index is 1.52. The Hall–Kier alpha value is -1.11. The first-order chi connectivity index (χ1) is 10.9. The van der Waals surface area contributed by atoms with Gasteiger partial charge in [-0.3, -0.25) is 4.90 Å². The molecule has 1 aromatic carbocycles. The fourth-order valence-corrected chi connectivity index (χ4v) is 3.42. The summed E-state index contributed by atoms with van der Waals surface area (Å²) in [5.41, 5.74) is 0.0553. The summed E-state index contributed by atoms with van der Waals surface area (Å²) in [6.45, 7) is 2.86. The minimum atomic E-state index is -4.32. The molecule has 1 atom stereocenters. The highest BCUT2D eigenvalue weighted by Crippen LogP contribution is 2.38. The van der Waals surface area contributed by atoms with Gasteiger partial charge in [-0.15, -0.1) is 0 Å². The predicted octanol–water partition coefficient (Wildman–Crippen LogP) is 2.86. The number of aliphatic hydroxyl groups is 1. The molecule has 1 aromatic rings. The van der Waals surface area contributed by atoms with Crippen molar-refractivity contribution in [1.29, 1.82) is 0 Å². The van der Waals surface area contributed by atoms with E-state index in [0.717, 1.165) is 43.6 Å². The maximum Gasteiger partial charge on any atom is 0.416 e. The van der Waals surface area contributed by atoms with Gasteiger partial charge in [0.2, 0.25) is 0 Å². The summed E-state index contributed by atoms with van der Waals surface area (Å²) in [5.74, 6) is 0. The molecule has 0 radical (unpaired) electrons. The topological polar surface area (TPSA) is 32.7 Å². The van der Waals surface area contributed by atoms with Crippen molar-refractivity contribution in [1.82, 2.24) is 4.90 Å². The van der Waals surface area contributed by atoms with Crippen LogP contribution < -0.4 is 0 Å². The zero-order chi connectivity index (χ0) is 16.5. The number of hydrogen-bond acceptors (Lipinski definition) is 3. The van der Waals surface area contributed by atoms with Crippen molar-refractivity contribution in [2.45, 2.75) is 43.6 Å². The van der Waals surface area contributed by atoms with Crippen molar-refractivity contribution in [2.75, 3.05) is 26.2 Å². The quantitative estimate of drug-likeness (QED) is 0.922. The highest BCUT2D eigenvalue weighted by Gasteiger charge is 2.42. The normalized spacial score (nSPS) is 22.8. The molecule has 6 heteroatoms. The lowest BCUT2D eigenvalue weighted by Crippen LogP contribution is -2.56. The number of rotatable bonds is 4. The molecule has 1 saturated heterocycles. The van der Waals surface area contributed by atoms with Gasteiger partial charge in [0.05, 0.1) is 23.9 Å². The van der Waals surface area contributed by atoms with Crippen LogP contribution in [-0.2, 0) is 17.3 Å².